The Labute approximate surface area is 92.3 Å². The van der Waals surface area contributed by atoms with E-state index in [1.807, 2.05) is 13.2 Å². The van der Waals surface area contributed by atoms with Crippen molar-refractivity contribution in [2.45, 2.75) is 46.0 Å². The maximum absolute atomic E-state index is 4.37. The normalized spacial score (nSPS) is 10.3. The average molecular weight is 207 g/mol. The summed E-state index contributed by atoms with van der Waals surface area (Å²) in [5, 5.41) is 2.95. The van der Waals surface area contributed by atoms with E-state index >= 15 is 0 Å². The highest BCUT2D eigenvalue weighted by molar-refractivity contribution is 5.28. The summed E-state index contributed by atoms with van der Waals surface area (Å²) in [6.45, 7) is 4.29. The molecule has 1 aromatic rings. The number of aryl methyl sites for hydroxylation is 2. The molecule has 3 nitrogen and oxygen atoms in total. The zero-order valence-corrected chi connectivity index (χ0v) is 10.0. The van der Waals surface area contributed by atoms with Gasteiger partial charge < -0.3 is 5.32 Å². The molecule has 0 saturated carbocycles. The molecule has 3 heteroatoms. The topological polar surface area (TPSA) is 37.8 Å². The van der Waals surface area contributed by atoms with Crippen molar-refractivity contribution in [1.29, 1.82) is 0 Å². The lowest BCUT2D eigenvalue weighted by atomic mass is 10.1. The molecule has 84 valence electrons. The minimum atomic E-state index is 0.713. The summed E-state index contributed by atoms with van der Waals surface area (Å²) in [5.41, 5.74) is 2.39. The number of hydrogen-bond acceptors (Lipinski definition) is 3. The van der Waals surface area contributed by atoms with Gasteiger partial charge in [0.2, 0.25) is 5.95 Å². The monoisotopic (exact) mass is 207 g/mol. The number of unbranched alkanes of at least 4 members (excludes halogenated alkanes) is 3. The second-order valence-corrected chi connectivity index (χ2v) is 3.86. The first kappa shape index (κ1) is 12.0. The molecule has 0 atom stereocenters. The molecule has 0 amide bonds. The molecule has 1 rings (SSSR count). The van der Waals surface area contributed by atoms with Crippen LogP contribution in [0, 0.1) is 6.92 Å². The van der Waals surface area contributed by atoms with Gasteiger partial charge in [-0.15, -0.1) is 0 Å². The third-order valence-electron chi connectivity index (χ3n) is 2.60. The summed E-state index contributed by atoms with van der Waals surface area (Å²) >= 11 is 0. The Morgan fingerprint density at radius 3 is 2.67 bits per heavy atom. The first-order chi connectivity index (χ1) is 7.27. The Morgan fingerprint density at radius 1 is 1.27 bits per heavy atom. The van der Waals surface area contributed by atoms with Gasteiger partial charge in [0.25, 0.3) is 0 Å². The number of nitrogens with zero attached hydrogens (tertiary/aromatic N) is 2. The highest BCUT2D eigenvalue weighted by Gasteiger charge is 2.01. The molecule has 1 N–H and O–H groups in total. The van der Waals surface area contributed by atoms with E-state index in [9.17, 15) is 0 Å². The van der Waals surface area contributed by atoms with Crippen LogP contribution < -0.4 is 5.32 Å². The van der Waals surface area contributed by atoms with Crippen molar-refractivity contribution in [2.75, 3.05) is 12.4 Å². The largest absolute Gasteiger partial charge is 0.357 e. The molecular weight excluding hydrogens is 186 g/mol. The SMILES string of the molecule is CCCCCCc1cnc(NC)nc1C. The lowest BCUT2D eigenvalue weighted by Gasteiger charge is -2.06. The van der Waals surface area contributed by atoms with Crippen LogP contribution in [0.2, 0.25) is 0 Å². The fraction of sp³-hybridized carbons (Fsp3) is 0.667. The zero-order valence-electron chi connectivity index (χ0n) is 10.0. The van der Waals surface area contributed by atoms with Gasteiger partial charge in [-0.25, -0.2) is 9.97 Å². The van der Waals surface area contributed by atoms with Gasteiger partial charge in [0.05, 0.1) is 0 Å². The van der Waals surface area contributed by atoms with Crippen molar-refractivity contribution in [3.8, 4) is 0 Å². The second-order valence-electron chi connectivity index (χ2n) is 3.86. The van der Waals surface area contributed by atoms with E-state index in [4.69, 9.17) is 0 Å². The van der Waals surface area contributed by atoms with Crippen LogP contribution in [-0.2, 0) is 6.42 Å². The summed E-state index contributed by atoms with van der Waals surface area (Å²) in [6.07, 6.45) is 8.22. The summed E-state index contributed by atoms with van der Waals surface area (Å²) < 4.78 is 0. The van der Waals surface area contributed by atoms with E-state index in [-0.39, 0.29) is 0 Å². The Bertz CT molecular complexity index is 297. The van der Waals surface area contributed by atoms with Gasteiger partial charge in [-0.1, -0.05) is 26.2 Å². The van der Waals surface area contributed by atoms with E-state index in [0.29, 0.717) is 5.95 Å². The van der Waals surface area contributed by atoms with Crippen LogP contribution >= 0.6 is 0 Å². The first-order valence-corrected chi connectivity index (χ1v) is 5.78. The van der Waals surface area contributed by atoms with Gasteiger partial charge in [-0.3, -0.25) is 0 Å². The number of aromatic nitrogens is 2. The Kier molecular flexibility index (Phi) is 5.08. The summed E-state index contributed by atoms with van der Waals surface area (Å²) in [6, 6.07) is 0. The van der Waals surface area contributed by atoms with Crippen molar-refractivity contribution >= 4 is 5.95 Å². The molecule has 0 radical (unpaired) electrons. The van der Waals surface area contributed by atoms with Crippen molar-refractivity contribution in [3.63, 3.8) is 0 Å². The maximum Gasteiger partial charge on any atom is 0.222 e. The van der Waals surface area contributed by atoms with Crippen LogP contribution in [0.5, 0.6) is 0 Å². The predicted octanol–water partition coefficient (Wildman–Crippen LogP) is 2.95. The van der Waals surface area contributed by atoms with Crippen LogP contribution in [0.3, 0.4) is 0 Å². The standard InChI is InChI=1S/C12H21N3/c1-4-5-6-7-8-11-9-14-12(13-3)15-10(11)2/h9H,4-8H2,1-3H3,(H,13,14,15). The van der Waals surface area contributed by atoms with Crippen LogP contribution in [0.15, 0.2) is 6.20 Å². The highest BCUT2D eigenvalue weighted by Crippen LogP contribution is 2.11. The van der Waals surface area contributed by atoms with Crippen molar-refractivity contribution in [1.82, 2.24) is 9.97 Å². The van der Waals surface area contributed by atoms with Crippen LogP contribution in [0.4, 0.5) is 5.95 Å². The third kappa shape index (κ3) is 3.86. The summed E-state index contributed by atoms with van der Waals surface area (Å²) in [7, 11) is 1.84. The molecule has 0 bridgehead atoms. The quantitative estimate of drug-likeness (QED) is 0.729. The van der Waals surface area contributed by atoms with Crippen molar-refractivity contribution in [2.24, 2.45) is 0 Å². The fourth-order valence-corrected chi connectivity index (χ4v) is 1.60. The zero-order chi connectivity index (χ0) is 11.1. The van der Waals surface area contributed by atoms with E-state index in [2.05, 4.69) is 29.1 Å². The van der Waals surface area contributed by atoms with Crippen molar-refractivity contribution in [3.05, 3.63) is 17.5 Å². The van der Waals surface area contributed by atoms with E-state index < -0.39 is 0 Å². The van der Waals surface area contributed by atoms with Gasteiger partial charge in [0.15, 0.2) is 0 Å². The molecule has 1 heterocycles. The average Bonchev–Trinajstić information content (AvgIpc) is 2.26. The van der Waals surface area contributed by atoms with E-state index in [1.165, 1.54) is 31.2 Å². The molecular formula is C12H21N3. The van der Waals surface area contributed by atoms with E-state index in [1.54, 1.807) is 0 Å². The molecule has 0 spiro atoms. The minimum absolute atomic E-state index is 0.713. The lowest BCUT2D eigenvalue weighted by Crippen LogP contribution is -2.01. The number of nitrogens with one attached hydrogen (secondary N) is 1. The minimum Gasteiger partial charge on any atom is -0.357 e. The fourth-order valence-electron chi connectivity index (χ4n) is 1.60. The van der Waals surface area contributed by atoms with Crippen LogP contribution in [0.25, 0.3) is 0 Å². The highest BCUT2D eigenvalue weighted by atomic mass is 15.1. The van der Waals surface area contributed by atoms with E-state index in [0.717, 1.165) is 12.1 Å². The maximum atomic E-state index is 4.37. The van der Waals surface area contributed by atoms with Crippen LogP contribution in [0.1, 0.15) is 43.9 Å². The molecule has 0 aromatic carbocycles. The van der Waals surface area contributed by atoms with Gasteiger partial charge in [-0.2, -0.15) is 0 Å². The second kappa shape index (κ2) is 6.38. The number of rotatable bonds is 6. The predicted molar refractivity (Wildman–Crippen MR) is 64.2 cm³/mol. The lowest BCUT2D eigenvalue weighted by molar-refractivity contribution is 0.663. The molecule has 0 saturated heterocycles. The van der Waals surface area contributed by atoms with Gasteiger partial charge in [-0.05, 0) is 25.3 Å². The van der Waals surface area contributed by atoms with Crippen LogP contribution in [-0.4, -0.2) is 17.0 Å². The molecule has 0 unspecified atom stereocenters. The molecule has 1 aromatic heterocycles. The van der Waals surface area contributed by atoms with Crippen molar-refractivity contribution < 1.29 is 0 Å². The molecule has 0 aliphatic rings. The Morgan fingerprint density at radius 2 is 2.07 bits per heavy atom. The van der Waals surface area contributed by atoms with Gasteiger partial charge >= 0.3 is 0 Å². The summed E-state index contributed by atoms with van der Waals surface area (Å²) in [4.78, 5) is 8.60. The van der Waals surface area contributed by atoms with Gasteiger partial charge in [0.1, 0.15) is 0 Å². The Hall–Kier alpha value is -1.12. The molecule has 0 fully saturated rings. The smallest absolute Gasteiger partial charge is 0.222 e. The third-order valence-corrected chi connectivity index (χ3v) is 2.60. The number of hydrogen-bond donors (Lipinski definition) is 1. The molecule has 0 aliphatic heterocycles. The van der Waals surface area contributed by atoms with Gasteiger partial charge in [0, 0.05) is 18.9 Å². The number of anilines is 1. The summed E-state index contributed by atoms with van der Waals surface area (Å²) in [5.74, 6) is 0.713. The molecule has 0 aliphatic carbocycles. The Balaban J connectivity index is 2.47. The molecule has 15 heavy (non-hydrogen) atoms. The first-order valence-electron chi connectivity index (χ1n) is 5.78.